The number of hydrogen-bond donors (Lipinski definition) is 1. The van der Waals surface area contributed by atoms with Gasteiger partial charge in [-0.25, -0.2) is 0 Å². The molecule has 0 bridgehead atoms. The van der Waals surface area contributed by atoms with Crippen LogP contribution in [0, 0.1) is 17.2 Å². The Labute approximate surface area is 104 Å². The first-order chi connectivity index (χ1) is 8.10. The Morgan fingerprint density at radius 3 is 2.53 bits per heavy atom. The lowest BCUT2D eigenvalue weighted by Crippen LogP contribution is -2.29. The Balaban J connectivity index is 2.99. The van der Waals surface area contributed by atoms with Gasteiger partial charge in [-0.2, -0.15) is 5.26 Å². The summed E-state index contributed by atoms with van der Waals surface area (Å²) in [4.78, 5) is 2.21. The minimum Gasteiger partial charge on any atom is -0.370 e. The molecule has 0 heterocycles. The fraction of sp³-hybridized carbons (Fsp3) is 0.500. The van der Waals surface area contributed by atoms with Gasteiger partial charge in [-0.15, -0.1) is 0 Å². The van der Waals surface area contributed by atoms with E-state index in [0.717, 1.165) is 24.3 Å². The van der Waals surface area contributed by atoms with E-state index in [4.69, 9.17) is 11.0 Å². The number of benzene rings is 1. The van der Waals surface area contributed by atoms with Gasteiger partial charge in [-0.3, -0.25) is 0 Å². The van der Waals surface area contributed by atoms with E-state index in [2.05, 4.69) is 30.0 Å². The van der Waals surface area contributed by atoms with Crippen molar-refractivity contribution in [3.8, 4) is 6.07 Å². The zero-order valence-electron chi connectivity index (χ0n) is 10.9. The van der Waals surface area contributed by atoms with E-state index < -0.39 is 0 Å². The van der Waals surface area contributed by atoms with Gasteiger partial charge in [-0.05, 0) is 32.4 Å². The summed E-state index contributed by atoms with van der Waals surface area (Å²) in [6.07, 6.45) is 0. The third-order valence-corrected chi connectivity index (χ3v) is 2.86. The zero-order valence-corrected chi connectivity index (χ0v) is 10.9. The molecule has 2 N–H and O–H groups in total. The summed E-state index contributed by atoms with van der Waals surface area (Å²) in [5.74, 6) is 0.0242. The molecule has 1 aromatic rings. The largest absolute Gasteiger partial charge is 0.370 e. The molecule has 0 aliphatic heterocycles. The van der Waals surface area contributed by atoms with E-state index in [1.165, 1.54) is 0 Å². The molecule has 0 aromatic heterocycles. The highest BCUT2D eigenvalue weighted by Crippen LogP contribution is 2.25. The van der Waals surface area contributed by atoms with Crippen molar-refractivity contribution in [2.75, 3.05) is 18.0 Å². The van der Waals surface area contributed by atoms with Gasteiger partial charge in [0.15, 0.2) is 0 Å². The summed E-state index contributed by atoms with van der Waals surface area (Å²) in [6.45, 7) is 7.66. The fourth-order valence-corrected chi connectivity index (χ4v) is 1.93. The lowest BCUT2D eigenvalue weighted by molar-refractivity contribution is 0.678. The standard InChI is InChI=1S/C14H21N3/c1-4-17(10-11(2)9-15)14-8-6-5-7-13(14)12(3)16/h5-8,11-12H,4,10,16H2,1-3H3. The number of nitrogens with zero attached hydrogens (tertiary/aromatic N) is 2. The van der Waals surface area contributed by atoms with Crippen molar-refractivity contribution in [2.24, 2.45) is 11.7 Å². The average molecular weight is 231 g/mol. The normalized spacial score (nSPS) is 13.8. The first-order valence-electron chi connectivity index (χ1n) is 6.09. The summed E-state index contributed by atoms with van der Waals surface area (Å²) < 4.78 is 0. The van der Waals surface area contributed by atoms with E-state index in [-0.39, 0.29) is 12.0 Å². The number of nitriles is 1. The molecule has 3 heteroatoms. The third-order valence-electron chi connectivity index (χ3n) is 2.86. The highest BCUT2D eigenvalue weighted by molar-refractivity contribution is 5.55. The van der Waals surface area contributed by atoms with Gasteiger partial charge in [0.2, 0.25) is 0 Å². The molecule has 92 valence electrons. The predicted molar refractivity (Wildman–Crippen MR) is 71.7 cm³/mol. The summed E-state index contributed by atoms with van der Waals surface area (Å²) in [5.41, 5.74) is 8.26. The van der Waals surface area contributed by atoms with E-state index in [1.54, 1.807) is 0 Å². The zero-order chi connectivity index (χ0) is 12.8. The Morgan fingerprint density at radius 2 is 2.00 bits per heavy atom. The first-order valence-corrected chi connectivity index (χ1v) is 6.09. The fourth-order valence-electron chi connectivity index (χ4n) is 1.93. The minimum absolute atomic E-state index is 0.0117. The van der Waals surface area contributed by atoms with Crippen LogP contribution in [0.2, 0.25) is 0 Å². The predicted octanol–water partition coefficient (Wildman–Crippen LogP) is 2.69. The van der Waals surface area contributed by atoms with Crippen molar-refractivity contribution >= 4 is 5.69 Å². The maximum absolute atomic E-state index is 8.90. The molecule has 17 heavy (non-hydrogen) atoms. The maximum Gasteiger partial charge on any atom is 0.0671 e. The van der Waals surface area contributed by atoms with Gasteiger partial charge in [0.1, 0.15) is 0 Å². The minimum atomic E-state index is 0.0117. The van der Waals surface area contributed by atoms with Crippen LogP contribution in [-0.4, -0.2) is 13.1 Å². The first kappa shape index (κ1) is 13.5. The lowest BCUT2D eigenvalue weighted by atomic mass is 10.0. The molecule has 2 unspecified atom stereocenters. The van der Waals surface area contributed by atoms with Gasteiger partial charge in [-0.1, -0.05) is 18.2 Å². The Morgan fingerprint density at radius 1 is 1.35 bits per heavy atom. The van der Waals surface area contributed by atoms with Crippen LogP contribution in [0.4, 0.5) is 5.69 Å². The smallest absolute Gasteiger partial charge is 0.0671 e. The van der Waals surface area contributed by atoms with Crippen molar-refractivity contribution < 1.29 is 0 Å². The molecule has 0 saturated heterocycles. The molecular formula is C14H21N3. The molecule has 0 aliphatic rings. The summed E-state index contributed by atoms with van der Waals surface area (Å²) >= 11 is 0. The summed E-state index contributed by atoms with van der Waals surface area (Å²) in [7, 11) is 0. The molecule has 0 spiro atoms. The molecule has 1 rings (SSSR count). The van der Waals surface area contributed by atoms with Crippen molar-refractivity contribution in [2.45, 2.75) is 26.8 Å². The number of nitrogens with two attached hydrogens (primary N) is 1. The molecule has 0 amide bonds. The molecule has 3 nitrogen and oxygen atoms in total. The Kier molecular flexibility index (Phi) is 4.99. The van der Waals surface area contributed by atoms with Gasteiger partial charge < -0.3 is 10.6 Å². The molecule has 0 aliphatic carbocycles. The van der Waals surface area contributed by atoms with E-state index in [1.807, 2.05) is 26.0 Å². The van der Waals surface area contributed by atoms with Crippen LogP contribution in [-0.2, 0) is 0 Å². The quantitative estimate of drug-likeness (QED) is 0.847. The van der Waals surface area contributed by atoms with Crippen molar-refractivity contribution in [1.29, 1.82) is 5.26 Å². The SMILES string of the molecule is CCN(CC(C)C#N)c1ccccc1C(C)N. The molecule has 2 atom stereocenters. The highest BCUT2D eigenvalue weighted by Gasteiger charge is 2.14. The van der Waals surface area contributed by atoms with Gasteiger partial charge in [0, 0.05) is 24.8 Å². The summed E-state index contributed by atoms with van der Waals surface area (Å²) in [6, 6.07) is 10.4. The second-order valence-electron chi connectivity index (χ2n) is 4.42. The molecule has 0 fully saturated rings. The van der Waals surface area contributed by atoms with Crippen LogP contribution in [0.15, 0.2) is 24.3 Å². The van der Waals surface area contributed by atoms with E-state index in [9.17, 15) is 0 Å². The average Bonchev–Trinajstić information content (AvgIpc) is 2.35. The van der Waals surface area contributed by atoms with Gasteiger partial charge in [0.25, 0.3) is 0 Å². The maximum atomic E-state index is 8.90. The molecule has 1 aromatic carbocycles. The van der Waals surface area contributed by atoms with Crippen molar-refractivity contribution in [3.63, 3.8) is 0 Å². The van der Waals surface area contributed by atoms with Crippen LogP contribution >= 0.6 is 0 Å². The van der Waals surface area contributed by atoms with Crippen LogP contribution in [0.5, 0.6) is 0 Å². The summed E-state index contributed by atoms with van der Waals surface area (Å²) in [5, 5.41) is 8.90. The van der Waals surface area contributed by atoms with Gasteiger partial charge >= 0.3 is 0 Å². The van der Waals surface area contributed by atoms with Crippen molar-refractivity contribution in [3.05, 3.63) is 29.8 Å². The second kappa shape index (κ2) is 6.27. The van der Waals surface area contributed by atoms with Gasteiger partial charge in [0.05, 0.1) is 12.0 Å². The molecular weight excluding hydrogens is 210 g/mol. The number of rotatable bonds is 5. The van der Waals surface area contributed by atoms with Crippen molar-refractivity contribution in [1.82, 2.24) is 0 Å². The monoisotopic (exact) mass is 231 g/mol. The number of para-hydroxylation sites is 1. The van der Waals surface area contributed by atoms with Crippen LogP contribution < -0.4 is 10.6 Å². The van der Waals surface area contributed by atoms with Crippen LogP contribution in [0.25, 0.3) is 0 Å². The van der Waals surface area contributed by atoms with E-state index in [0.29, 0.717) is 0 Å². The van der Waals surface area contributed by atoms with Crippen LogP contribution in [0.1, 0.15) is 32.4 Å². The molecule has 0 radical (unpaired) electrons. The van der Waals surface area contributed by atoms with Crippen LogP contribution in [0.3, 0.4) is 0 Å². The number of hydrogen-bond acceptors (Lipinski definition) is 3. The lowest BCUT2D eigenvalue weighted by Gasteiger charge is -2.27. The Bertz CT molecular complexity index is 393. The second-order valence-corrected chi connectivity index (χ2v) is 4.42. The molecule has 0 saturated carbocycles. The Hall–Kier alpha value is -1.53. The number of anilines is 1. The third kappa shape index (κ3) is 3.47. The highest BCUT2D eigenvalue weighted by atomic mass is 15.1. The van der Waals surface area contributed by atoms with E-state index >= 15 is 0 Å². The topological polar surface area (TPSA) is 53.0 Å².